The maximum absolute atomic E-state index is 12.7. The molecule has 0 aliphatic heterocycles. The Morgan fingerprint density at radius 3 is 1.28 bits per heavy atom. The predicted molar refractivity (Wildman–Crippen MR) is 228 cm³/mol. The van der Waals surface area contributed by atoms with Crippen molar-refractivity contribution in [3.63, 3.8) is 0 Å². The van der Waals surface area contributed by atoms with E-state index in [1.807, 2.05) is 36.5 Å². The summed E-state index contributed by atoms with van der Waals surface area (Å²) < 4.78 is 16.6. The molecule has 0 fully saturated rings. The van der Waals surface area contributed by atoms with Crippen molar-refractivity contribution in [1.29, 1.82) is 0 Å². The van der Waals surface area contributed by atoms with Crippen LogP contribution < -0.4 is 0 Å². The van der Waals surface area contributed by atoms with E-state index in [0.29, 0.717) is 25.7 Å². The lowest BCUT2D eigenvalue weighted by molar-refractivity contribution is -0.167. The maximum Gasteiger partial charge on any atom is 0.306 e. The van der Waals surface area contributed by atoms with Gasteiger partial charge in [-0.05, 0) is 83.5 Å². The minimum absolute atomic E-state index is 0.109. The monoisotopic (exact) mass is 753 g/mol. The molecule has 0 saturated heterocycles. The van der Waals surface area contributed by atoms with Crippen LogP contribution in [-0.2, 0) is 28.6 Å². The number of unbranched alkanes of at least 4 members (excludes halogenated alkanes) is 18. The molecule has 0 aliphatic rings. The molecule has 0 radical (unpaired) electrons. The number of hydrogen-bond donors (Lipinski definition) is 0. The van der Waals surface area contributed by atoms with Gasteiger partial charge in [0, 0.05) is 19.3 Å². The minimum Gasteiger partial charge on any atom is -0.462 e. The van der Waals surface area contributed by atoms with Crippen LogP contribution in [0.5, 0.6) is 0 Å². The van der Waals surface area contributed by atoms with Gasteiger partial charge in [0.2, 0.25) is 0 Å². The molecule has 6 nitrogen and oxygen atoms in total. The second-order valence-corrected chi connectivity index (χ2v) is 14.3. The summed E-state index contributed by atoms with van der Waals surface area (Å²) in [5.41, 5.74) is 0. The third kappa shape index (κ3) is 40.0. The SMILES string of the molecule is CC\C=C/C=C\C=C/C=C\CCCCCC(=O)OC(COC(=O)CCC/C=C\CCCCCC)COC(=O)CCCCC/C=C\CCCCCCCCC. The van der Waals surface area contributed by atoms with E-state index in [9.17, 15) is 14.4 Å². The van der Waals surface area contributed by atoms with Gasteiger partial charge < -0.3 is 14.2 Å². The van der Waals surface area contributed by atoms with Gasteiger partial charge in [0.05, 0.1) is 0 Å². The molecular weight excluding hydrogens is 673 g/mol. The van der Waals surface area contributed by atoms with E-state index >= 15 is 0 Å². The molecule has 0 aromatic heterocycles. The first-order valence-corrected chi connectivity index (χ1v) is 22.0. The Labute approximate surface area is 332 Å². The first-order valence-electron chi connectivity index (χ1n) is 22.0. The molecule has 308 valence electrons. The largest absolute Gasteiger partial charge is 0.462 e. The van der Waals surface area contributed by atoms with E-state index < -0.39 is 6.10 Å². The van der Waals surface area contributed by atoms with Crippen LogP contribution in [-0.4, -0.2) is 37.2 Å². The van der Waals surface area contributed by atoms with Crippen molar-refractivity contribution in [2.45, 2.75) is 200 Å². The van der Waals surface area contributed by atoms with E-state index in [-0.39, 0.29) is 37.5 Å². The Bertz CT molecular complexity index is 1050. The molecule has 0 aliphatic carbocycles. The average molecular weight is 753 g/mol. The Morgan fingerprint density at radius 1 is 0.389 bits per heavy atom. The smallest absolute Gasteiger partial charge is 0.306 e. The van der Waals surface area contributed by atoms with Crippen molar-refractivity contribution in [2.24, 2.45) is 0 Å². The van der Waals surface area contributed by atoms with Crippen molar-refractivity contribution in [2.75, 3.05) is 13.2 Å². The Hall–Kier alpha value is -3.15. The van der Waals surface area contributed by atoms with Crippen LogP contribution in [0, 0.1) is 0 Å². The number of carbonyl (C=O) groups excluding carboxylic acids is 3. The average Bonchev–Trinajstić information content (AvgIpc) is 3.17. The Morgan fingerprint density at radius 2 is 0.759 bits per heavy atom. The van der Waals surface area contributed by atoms with Gasteiger partial charge in [-0.2, -0.15) is 0 Å². The van der Waals surface area contributed by atoms with E-state index in [0.717, 1.165) is 70.6 Å². The van der Waals surface area contributed by atoms with Gasteiger partial charge in [-0.3, -0.25) is 14.4 Å². The molecule has 0 saturated carbocycles. The highest BCUT2D eigenvalue weighted by Gasteiger charge is 2.19. The van der Waals surface area contributed by atoms with Crippen molar-refractivity contribution in [3.05, 3.63) is 72.9 Å². The summed E-state index contributed by atoms with van der Waals surface area (Å²) in [6, 6.07) is 0. The molecule has 54 heavy (non-hydrogen) atoms. The van der Waals surface area contributed by atoms with Crippen molar-refractivity contribution < 1.29 is 28.6 Å². The van der Waals surface area contributed by atoms with E-state index in [2.05, 4.69) is 57.2 Å². The number of rotatable bonds is 38. The molecule has 0 amide bonds. The standard InChI is InChI=1S/C48H80O6/c1-4-7-10-13-16-19-21-23-25-26-29-32-35-38-41-47(50)53-44-45(43-52-46(49)40-37-34-31-28-18-15-12-9-6-3)54-48(51)42-39-36-33-30-27-24-22-20-17-14-11-8-5-2/h8,11,14,17,20,22,24-28,31,45H,4-7,9-10,12-13,15-16,18-19,21,23,29-30,32-44H2,1-3H3/b11-8-,17-14-,22-20-,26-25-,27-24-,31-28-. The lowest BCUT2D eigenvalue weighted by Gasteiger charge is -2.18. The first kappa shape index (κ1) is 50.9. The summed E-state index contributed by atoms with van der Waals surface area (Å²) in [5, 5.41) is 0. The van der Waals surface area contributed by atoms with Gasteiger partial charge in [0.1, 0.15) is 13.2 Å². The number of carbonyl (C=O) groups is 3. The molecule has 1 unspecified atom stereocenters. The third-order valence-electron chi connectivity index (χ3n) is 9.01. The fourth-order valence-electron chi connectivity index (χ4n) is 5.68. The summed E-state index contributed by atoms with van der Waals surface area (Å²) in [4.78, 5) is 37.6. The van der Waals surface area contributed by atoms with Gasteiger partial charge in [-0.25, -0.2) is 0 Å². The topological polar surface area (TPSA) is 78.9 Å². The van der Waals surface area contributed by atoms with Crippen molar-refractivity contribution in [1.82, 2.24) is 0 Å². The molecular formula is C48H80O6. The number of allylic oxidation sites excluding steroid dienone is 12. The zero-order chi connectivity index (χ0) is 39.4. The molecule has 0 spiro atoms. The van der Waals surface area contributed by atoms with Crippen LogP contribution in [0.2, 0.25) is 0 Å². The quantitative estimate of drug-likeness (QED) is 0.0205. The van der Waals surface area contributed by atoms with E-state index in [4.69, 9.17) is 14.2 Å². The lowest BCUT2D eigenvalue weighted by Crippen LogP contribution is -2.30. The summed E-state index contributed by atoms with van der Waals surface area (Å²) in [6.45, 7) is 6.36. The summed E-state index contributed by atoms with van der Waals surface area (Å²) >= 11 is 0. The first-order chi connectivity index (χ1) is 26.5. The zero-order valence-electron chi connectivity index (χ0n) is 35.0. The Balaban J connectivity index is 4.49. The lowest BCUT2D eigenvalue weighted by atomic mass is 10.1. The van der Waals surface area contributed by atoms with Crippen LogP contribution in [0.15, 0.2) is 72.9 Å². The fraction of sp³-hybridized carbons (Fsp3) is 0.688. The Kier molecular flexibility index (Phi) is 40.1. The molecule has 0 aromatic rings. The normalized spacial score (nSPS) is 12.7. The van der Waals surface area contributed by atoms with Gasteiger partial charge in [-0.1, -0.05) is 164 Å². The highest BCUT2D eigenvalue weighted by Crippen LogP contribution is 2.12. The second kappa shape index (κ2) is 42.6. The predicted octanol–water partition coefficient (Wildman–Crippen LogP) is 13.9. The molecule has 6 heteroatoms. The summed E-state index contributed by atoms with van der Waals surface area (Å²) in [7, 11) is 0. The molecule has 0 bridgehead atoms. The number of ether oxygens (including phenoxy) is 3. The number of hydrogen-bond acceptors (Lipinski definition) is 6. The fourth-order valence-corrected chi connectivity index (χ4v) is 5.68. The van der Waals surface area contributed by atoms with Gasteiger partial charge in [-0.15, -0.1) is 0 Å². The summed E-state index contributed by atoms with van der Waals surface area (Å²) in [5.74, 6) is -1.01. The van der Waals surface area contributed by atoms with Crippen LogP contribution in [0.4, 0.5) is 0 Å². The highest BCUT2D eigenvalue weighted by atomic mass is 16.6. The number of esters is 3. The van der Waals surface area contributed by atoms with E-state index in [1.165, 1.54) is 70.6 Å². The highest BCUT2D eigenvalue weighted by molar-refractivity contribution is 5.71. The van der Waals surface area contributed by atoms with Crippen LogP contribution in [0.1, 0.15) is 194 Å². The minimum atomic E-state index is -0.809. The van der Waals surface area contributed by atoms with E-state index in [1.54, 1.807) is 0 Å². The molecule has 0 rings (SSSR count). The molecule has 0 heterocycles. The van der Waals surface area contributed by atoms with Crippen molar-refractivity contribution >= 4 is 17.9 Å². The molecule has 1 atom stereocenters. The third-order valence-corrected chi connectivity index (χ3v) is 9.01. The van der Waals surface area contributed by atoms with Gasteiger partial charge in [0.15, 0.2) is 6.10 Å². The molecule has 0 aromatic carbocycles. The van der Waals surface area contributed by atoms with Crippen LogP contribution in [0.3, 0.4) is 0 Å². The maximum atomic E-state index is 12.7. The molecule has 0 N–H and O–H groups in total. The zero-order valence-corrected chi connectivity index (χ0v) is 35.0. The van der Waals surface area contributed by atoms with Crippen molar-refractivity contribution in [3.8, 4) is 0 Å². The van der Waals surface area contributed by atoms with Gasteiger partial charge in [0.25, 0.3) is 0 Å². The van der Waals surface area contributed by atoms with Gasteiger partial charge >= 0.3 is 17.9 Å². The van der Waals surface area contributed by atoms with Crippen LogP contribution in [0.25, 0.3) is 0 Å². The van der Waals surface area contributed by atoms with Crippen LogP contribution >= 0.6 is 0 Å². The summed E-state index contributed by atoms with van der Waals surface area (Å²) in [6.07, 6.45) is 51.8. The second-order valence-electron chi connectivity index (χ2n) is 14.3.